The summed E-state index contributed by atoms with van der Waals surface area (Å²) in [5.74, 6) is -0.144. The summed E-state index contributed by atoms with van der Waals surface area (Å²) in [7, 11) is 0. The molecule has 2 rings (SSSR count). The maximum absolute atomic E-state index is 13.9. The van der Waals surface area contributed by atoms with Crippen molar-refractivity contribution in [3.8, 4) is 0 Å². The van der Waals surface area contributed by atoms with Crippen LogP contribution in [-0.4, -0.2) is 4.98 Å². The standard InChI is InChI=1S/C14H12BrClFN/c1-9(10-4-6-18-7-5-10)14(15)12-3-2-11(16)8-13(12)17/h2-9,14H,1H3. The van der Waals surface area contributed by atoms with Crippen molar-refractivity contribution < 1.29 is 4.39 Å². The highest BCUT2D eigenvalue weighted by atomic mass is 79.9. The Morgan fingerprint density at radius 3 is 2.50 bits per heavy atom. The molecule has 1 heterocycles. The zero-order valence-corrected chi connectivity index (χ0v) is 12.1. The number of aromatic nitrogens is 1. The number of rotatable bonds is 3. The van der Waals surface area contributed by atoms with E-state index in [9.17, 15) is 4.39 Å². The molecule has 1 nitrogen and oxygen atoms in total. The molecule has 0 aliphatic rings. The summed E-state index contributed by atoms with van der Waals surface area (Å²) in [6.07, 6.45) is 3.48. The van der Waals surface area contributed by atoms with Crippen molar-refractivity contribution in [3.05, 3.63) is 64.7 Å². The van der Waals surface area contributed by atoms with Gasteiger partial charge in [-0.3, -0.25) is 4.98 Å². The molecule has 2 unspecified atom stereocenters. The van der Waals surface area contributed by atoms with Crippen molar-refractivity contribution >= 4 is 27.5 Å². The second kappa shape index (κ2) is 5.81. The van der Waals surface area contributed by atoms with Gasteiger partial charge >= 0.3 is 0 Å². The molecule has 0 radical (unpaired) electrons. The van der Waals surface area contributed by atoms with E-state index >= 15 is 0 Å². The molecule has 1 aromatic heterocycles. The van der Waals surface area contributed by atoms with Crippen LogP contribution in [0.3, 0.4) is 0 Å². The van der Waals surface area contributed by atoms with Gasteiger partial charge in [-0.05, 0) is 35.7 Å². The molecule has 0 spiro atoms. The van der Waals surface area contributed by atoms with Gasteiger partial charge in [-0.2, -0.15) is 0 Å². The molecule has 0 fully saturated rings. The Balaban J connectivity index is 2.28. The maximum Gasteiger partial charge on any atom is 0.129 e. The van der Waals surface area contributed by atoms with Crippen molar-refractivity contribution in [1.29, 1.82) is 0 Å². The molecule has 0 aliphatic carbocycles. The van der Waals surface area contributed by atoms with Gasteiger partial charge in [0.2, 0.25) is 0 Å². The van der Waals surface area contributed by atoms with Crippen LogP contribution in [0.5, 0.6) is 0 Å². The van der Waals surface area contributed by atoms with E-state index in [0.717, 1.165) is 5.56 Å². The second-order valence-electron chi connectivity index (χ2n) is 4.14. The SMILES string of the molecule is CC(c1ccncc1)C(Br)c1ccc(Cl)cc1F. The van der Waals surface area contributed by atoms with Crippen LogP contribution in [0.4, 0.5) is 4.39 Å². The number of halogens is 3. The van der Waals surface area contributed by atoms with E-state index in [1.807, 2.05) is 19.1 Å². The Bertz CT molecular complexity index is 533. The van der Waals surface area contributed by atoms with Crippen LogP contribution in [0.25, 0.3) is 0 Å². The number of benzene rings is 1. The van der Waals surface area contributed by atoms with Crippen molar-refractivity contribution in [2.75, 3.05) is 0 Å². The third kappa shape index (κ3) is 2.90. The lowest BCUT2D eigenvalue weighted by molar-refractivity contribution is 0.596. The smallest absolute Gasteiger partial charge is 0.129 e. The molecule has 0 aliphatic heterocycles. The highest BCUT2D eigenvalue weighted by Crippen LogP contribution is 2.38. The van der Waals surface area contributed by atoms with Crippen LogP contribution >= 0.6 is 27.5 Å². The second-order valence-corrected chi connectivity index (χ2v) is 5.56. The van der Waals surface area contributed by atoms with E-state index in [1.54, 1.807) is 24.5 Å². The fourth-order valence-electron chi connectivity index (χ4n) is 1.83. The summed E-state index contributed by atoms with van der Waals surface area (Å²) in [6.45, 7) is 2.04. The summed E-state index contributed by atoms with van der Waals surface area (Å²) in [6, 6.07) is 8.63. The number of hydrogen-bond donors (Lipinski definition) is 0. The van der Waals surface area contributed by atoms with Crippen molar-refractivity contribution in [2.45, 2.75) is 17.7 Å². The molecule has 0 saturated heterocycles. The van der Waals surface area contributed by atoms with Crippen LogP contribution in [0.1, 0.15) is 28.8 Å². The maximum atomic E-state index is 13.9. The van der Waals surface area contributed by atoms with E-state index in [1.165, 1.54) is 6.07 Å². The lowest BCUT2D eigenvalue weighted by atomic mass is 9.94. The number of pyridine rings is 1. The minimum Gasteiger partial charge on any atom is -0.265 e. The lowest BCUT2D eigenvalue weighted by Gasteiger charge is -2.19. The summed E-state index contributed by atoms with van der Waals surface area (Å²) < 4.78 is 13.9. The zero-order chi connectivity index (χ0) is 13.1. The van der Waals surface area contributed by atoms with Crippen LogP contribution in [0, 0.1) is 5.82 Å². The topological polar surface area (TPSA) is 12.9 Å². The Labute approximate surface area is 119 Å². The third-order valence-electron chi connectivity index (χ3n) is 2.93. The molecule has 0 bridgehead atoms. The largest absolute Gasteiger partial charge is 0.265 e. The van der Waals surface area contributed by atoms with Gasteiger partial charge in [-0.15, -0.1) is 0 Å². The fourth-order valence-corrected chi connectivity index (χ4v) is 2.67. The van der Waals surface area contributed by atoms with Crippen molar-refractivity contribution in [1.82, 2.24) is 4.98 Å². The molecule has 18 heavy (non-hydrogen) atoms. The van der Waals surface area contributed by atoms with Gasteiger partial charge < -0.3 is 0 Å². The molecule has 2 aromatic rings. The summed E-state index contributed by atoms with van der Waals surface area (Å²) in [4.78, 5) is 3.88. The minimum absolute atomic E-state index is 0.0998. The Hall–Kier alpha value is -0.930. The number of nitrogens with zero attached hydrogens (tertiary/aromatic N) is 1. The average Bonchev–Trinajstić information content (AvgIpc) is 2.38. The molecule has 0 saturated carbocycles. The molecule has 0 amide bonds. The molecular weight excluding hydrogens is 317 g/mol. The predicted octanol–water partition coefficient (Wildman–Crippen LogP) is 5.11. The van der Waals surface area contributed by atoms with E-state index in [0.29, 0.717) is 10.6 Å². The van der Waals surface area contributed by atoms with Gasteiger partial charge in [-0.1, -0.05) is 40.5 Å². The zero-order valence-electron chi connectivity index (χ0n) is 9.78. The van der Waals surface area contributed by atoms with Crippen LogP contribution < -0.4 is 0 Å². The summed E-state index contributed by atoms with van der Waals surface area (Å²) >= 11 is 9.31. The van der Waals surface area contributed by atoms with E-state index in [-0.39, 0.29) is 16.6 Å². The van der Waals surface area contributed by atoms with E-state index in [2.05, 4.69) is 20.9 Å². The van der Waals surface area contributed by atoms with E-state index in [4.69, 9.17) is 11.6 Å². The summed E-state index contributed by atoms with van der Waals surface area (Å²) in [5.41, 5.74) is 1.73. The van der Waals surface area contributed by atoms with Crippen LogP contribution in [-0.2, 0) is 0 Å². The molecule has 1 aromatic carbocycles. The molecule has 4 heteroatoms. The highest BCUT2D eigenvalue weighted by molar-refractivity contribution is 9.09. The first-order chi connectivity index (χ1) is 8.59. The third-order valence-corrected chi connectivity index (χ3v) is 4.45. The first-order valence-electron chi connectivity index (χ1n) is 5.58. The van der Waals surface area contributed by atoms with Crippen LogP contribution in [0.2, 0.25) is 5.02 Å². The molecule has 0 N–H and O–H groups in total. The van der Waals surface area contributed by atoms with Crippen molar-refractivity contribution in [2.24, 2.45) is 0 Å². The molecule has 94 valence electrons. The van der Waals surface area contributed by atoms with Gasteiger partial charge in [0.05, 0.1) is 0 Å². The Morgan fingerprint density at radius 1 is 1.22 bits per heavy atom. The first-order valence-corrected chi connectivity index (χ1v) is 6.88. The monoisotopic (exact) mass is 327 g/mol. The minimum atomic E-state index is -0.287. The van der Waals surface area contributed by atoms with Gasteiger partial charge in [0.25, 0.3) is 0 Å². The van der Waals surface area contributed by atoms with Crippen LogP contribution in [0.15, 0.2) is 42.7 Å². The Morgan fingerprint density at radius 2 is 1.89 bits per heavy atom. The van der Waals surface area contributed by atoms with Crippen molar-refractivity contribution in [3.63, 3.8) is 0 Å². The van der Waals surface area contributed by atoms with Gasteiger partial charge in [0.1, 0.15) is 5.82 Å². The molecular formula is C14H12BrClFN. The first kappa shape index (κ1) is 13.5. The predicted molar refractivity (Wildman–Crippen MR) is 75.7 cm³/mol. The average molecular weight is 329 g/mol. The number of hydrogen-bond acceptors (Lipinski definition) is 1. The highest BCUT2D eigenvalue weighted by Gasteiger charge is 2.21. The molecule has 2 atom stereocenters. The lowest BCUT2D eigenvalue weighted by Crippen LogP contribution is -2.04. The van der Waals surface area contributed by atoms with E-state index < -0.39 is 0 Å². The van der Waals surface area contributed by atoms with Gasteiger partial charge in [0.15, 0.2) is 0 Å². The normalized spacial score (nSPS) is 14.2. The van der Waals surface area contributed by atoms with Gasteiger partial charge in [0, 0.05) is 27.8 Å². The fraction of sp³-hybridized carbons (Fsp3) is 0.214. The number of alkyl halides is 1. The quantitative estimate of drug-likeness (QED) is 0.713. The van der Waals surface area contributed by atoms with Gasteiger partial charge in [-0.25, -0.2) is 4.39 Å². The Kier molecular flexibility index (Phi) is 4.36. The summed E-state index contributed by atoms with van der Waals surface area (Å²) in [5, 5.41) is 0.410.